The van der Waals surface area contributed by atoms with Crippen LogP contribution < -0.4 is 10.6 Å². The van der Waals surface area contributed by atoms with Gasteiger partial charge in [0.2, 0.25) is 0 Å². The van der Waals surface area contributed by atoms with Gasteiger partial charge in [-0.2, -0.15) is 0 Å². The van der Waals surface area contributed by atoms with Crippen molar-refractivity contribution in [2.75, 3.05) is 27.3 Å². The van der Waals surface area contributed by atoms with Gasteiger partial charge in [-0.1, -0.05) is 84.9 Å². The third-order valence-electron chi connectivity index (χ3n) is 11.6. The standard InChI is InChI=1S/C46H44N10O6/c1-61-45(59)52-38(29-11-5-3-6-12-29)43(57)55-21-9-15-36(55)41-48-26-35-33(50-41)24-32(49-35)28-19-17-27(18-20-28)31-23-34-40(47-25-31)54-42(51-34)37-16-10-22-56(37)44(58)39(53-46(60)62-2)30-13-7-4-8-14-30/h3-8,11-14,17-20,23-26,36-39,49H,9-10,15-16,21-22H2,1-2H3,(H,52,59)(H,53,60)(H,47,51,54)/t36?,37-,38+,39+/m0/s1. The van der Waals surface area contributed by atoms with Crippen LogP contribution in [0, 0.1) is 0 Å². The number of nitrogens with one attached hydrogen (secondary N) is 4. The summed E-state index contributed by atoms with van der Waals surface area (Å²) in [7, 11) is 2.54. The Kier molecular flexibility index (Phi) is 11.0. The molecule has 314 valence electrons. The number of hydrogen-bond acceptors (Lipinski definition) is 10. The molecule has 7 aromatic rings. The number of benzene rings is 3. The molecule has 3 aromatic carbocycles. The number of methoxy groups -OCH3 is 2. The molecule has 0 spiro atoms. The van der Waals surface area contributed by atoms with E-state index in [0.717, 1.165) is 51.8 Å². The minimum absolute atomic E-state index is 0.239. The van der Waals surface area contributed by atoms with Gasteiger partial charge >= 0.3 is 12.2 Å². The third-order valence-corrected chi connectivity index (χ3v) is 11.6. The van der Waals surface area contributed by atoms with E-state index in [1.807, 2.05) is 72.8 Å². The fraction of sp³-hybridized carbons (Fsp3) is 0.261. The van der Waals surface area contributed by atoms with Crippen LogP contribution in [-0.4, -0.2) is 91.0 Å². The van der Waals surface area contributed by atoms with Crippen molar-refractivity contribution < 1.29 is 28.7 Å². The van der Waals surface area contributed by atoms with Gasteiger partial charge in [-0.3, -0.25) is 9.59 Å². The van der Waals surface area contributed by atoms with Crippen molar-refractivity contribution in [2.45, 2.75) is 49.9 Å². The number of aromatic amines is 2. The molecule has 2 saturated heterocycles. The van der Waals surface area contributed by atoms with Crippen LogP contribution in [0.15, 0.2) is 109 Å². The highest BCUT2D eigenvalue weighted by Crippen LogP contribution is 2.36. The van der Waals surface area contributed by atoms with Gasteiger partial charge < -0.3 is 39.9 Å². The highest BCUT2D eigenvalue weighted by Gasteiger charge is 2.39. The molecule has 1 unspecified atom stereocenters. The fourth-order valence-electron chi connectivity index (χ4n) is 8.49. The summed E-state index contributed by atoms with van der Waals surface area (Å²) < 4.78 is 9.67. The summed E-state index contributed by atoms with van der Waals surface area (Å²) >= 11 is 0. The van der Waals surface area contributed by atoms with E-state index >= 15 is 0 Å². The highest BCUT2D eigenvalue weighted by atomic mass is 16.5. The average Bonchev–Trinajstić information content (AvgIpc) is 4.16. The highest BCUT2D eigenvalue weighted by molar-refractivity contribution is 5.89. The summed E-state index contributed by atoms with van der Waals surface area (Å²) in [5.74, 6) is 0.691. The maximum absolute atomic E-state index is 14.0. The first kappa shape index (κ1) is 39.8. The van der Waals surface area contributed by atoms with Crippen LogP contribution in [0.4, 0.5) is 9.59 Å². The normalized spacial score (nSPS) is 17.2. The van der Waals surface area contributed by atoms with Crippen LogP contribution >= 0.6 is 0 Å². The van der Waals surface area contributed by atoms with E-state index in [9.17, 15) is 19.2 Å². The van der Waals surface area contributed by atoms with Crippen LogP contribution in [0.5, 0.6) is 0 Å². The molecule has 0 radical (unpaired) electrons. The second-order valence-corrected chi connectivity index (χ2v) is 15.3. The van der Waals surface area contributed by atoms with E-state index in [4.69, 9.17) is 19.4 Å². The first-order valence-corrected chi connectivity index (χ1v) is 20.5. The molecule has 0 aliphatic carbocycles. The quantitative estimate of drug-likeness (QED) is 0.110. The number of imidazole rings is 1. The van der Waals surface area contributed by atoms with Crippen molar-refractivity contribution in [3.05, 3.63) is 132 Å². The van der Waals surface area contributed by atoms with E-state index in [1.54, 1.807) is 46.5 Å². The van der Waals surface area contributed by atoms with Gasteiger partial charge in [-0.25, -0.2) is 29.5 Å². The number of carbonyl (C=O) groups excluding carboxylic acids is 4. The number of carbonyl (C=O) groups is 4. The Morgan fingerprint density at radius 2 is 1.23 bits per heavy atom. The first-order valence-electron chi connectivity index (χ1n) is 20.5. The number of ether oxygens (including phenoxy) is 2. The van der Waals surface area contributed by atoms with E-state index < -0.39 is 24.3 Å². The molecule has 4 amide bonds. The van der Waals surface area contributed by atoms with Crippen molar-refractivity contribution in [2.24, 2.45) is 0 Å². The number of H-pyrrole nitrogens is 2. The second-order valence-electron chi connectivity index (χ2n) is 15.3. The van der Waals surface area contributed by atoms with Gasteiger partial charge in [-0.15, -0.1) is 0 Å². The second kappa shape index (κ2) is 17.2. The lowest BCUT2D eigenvalue weighted by Gasteiger charge is -2.28. The number of hydrogen-bond donors (Lipinski definition) is 4. The van der Waals surface area contributed by atoms with E-state index in [2.05, 4.69) is 30.6 Å². The van der Waals surface area contributed by atoms with Crippen LogP contribution in [0.2, 0.25) is 0 Å². The Balaban J connectivity index is 0.910. The maximum Gasteiger partial charge on any atom is 0.407 e. The lowest BCUT2D eigenvalue weighted by atomic mass is 10.0. The molecule has 2 aliphatic rings. The zero-order valence-corrected chi connectivity index (χ0v) is 34.1. The summed E-state index contributed by atoms with van der Waals surface area (Å²) in [4.78, 5) is 81.9. The summed E-state index contributed by atoms with van der Waals surface area (Å²) in [6.45, 7) is 1.04. The van der Waals surface area contributed by atoms with Gasteiger partial charge in [0.25, 0.3) is 11.8 Å². The minimum Gasteiger partial charge on any atom is -0.453 e. The summed E-state index contributed by atoms with van der Waals surface area (Å²) in [6.07, 6.45) is 5.14. The van der Waals surface area contributed by atoms with Crippen molar-refractivity contribution >= 4 is 46.2 Å². The molecule has 0 saturated carbocycles. The van der Waals surface area contributed by atoms with Gasteiger partial charge in [-0.05, 0) is 60.1 Å². The molecular formula is C46H44N10O6. The van der Waals surface area contributed by atoms with Crippen LogP contribution in [-0.2, 0) is 19.1 Å². The molecule has 62 heavy (non-hydrogen) atoms. The fourth-order valence-corrected chi connectivity index (χ4v) is 8.49. The largest absolute Gasteiger partial charge is 0.453 e. The van der Waals surface area contributed by atoms with Gasteiger partial charge in [0.05, 0.1) is 49.1 Å². The number of pyridine rings is 1. The third kappa shape index (κ3) is 7.89. The van der Waals surface area contributed by atoms with Crippen LogP contribution in [0.1, 0.15) is 72.6 Å². The molecule has 16 nitrogen and oxygen atoms in total. The zero-order chi connectivity index (χ0) is 42.7. The van der Waals surface area contributed by atoms with Gasteiger partial charge in [0.1, 0.15) is 17.9 Å². The Bertz CT molecular complexity index is 2650. The number of rotatable bonds is 10. The lowest BCUT2D eigenvalue weighted by Crippen LogP contribution is -2.43. The first-order chi connectivity index (χ1) is 30.3. The Hall–Kier alpha value is -7.62. The molecule has 9 rings (SSSR count). The molecular weight excluding hydrogens is 789 g/mol. The number of aromatic nitrogens is 6. The van der Waals surface area contributed by atoms with Crippen molar-refractivity contribution in [1.29, 1.82) is 0 Å². The molecule has 2 aliphatic heterocycles. The minimum atomic E-state index is -0.914. The topological polar surface area (TPSA) is 200 Å². The molecule has 2 fully saturated rings. The number of alkyl carbamates (subject to hydrolysis) is 2. The molecule has 4 atom stereocenters. The SMILES string of the molecule is COC(=O)N[C@@H](C(=O)N1CCCC1c1ncc2[nH]c(-c3ccc(-c4cnc5nc([C@@H]6CCCN6C(=O)[C@H](NC(=O)OC)c6ccccc6)[nH]c5c4)cc3)cc2n1)c1ccccc1. The lowest BCUT2D eigenvalue weighted by molar-refractivity contribution is -0.135. The molecule has 6 heterocycles. The van der Waals surface area contributed by atoms with Crippen molar-refractivity contribution in [1.82, 2.24) is 50.3 Å². The monoisotopic (exact) mass is 832 g/mol. The van der Waals surface area contributed by atoms with Gasteiger partial charge in [0, 0.05) is 30.5 Å². The van der Waals surface area contributed by atoms with Gasteiger partial charge in [0.15, 0.2) is 11.5 Å². The Morgan fingerprint density at radius 1 is 0.645 bits per heavy atom. The van der Waals surface area contributed by atoms with Crippen molar-refractivity contribution in [3.8, 4) is 22.4 Å². The summed E-state index contributed by atoms with van der Waals surface area (Å²) in [5, 5.41) is 5.41. The molecule has 4 N–H and O–H groups in total. The molecule has 16 heteroatoms. The molecule has 4 aromatic heterocycles. The Morgan fingerprint density at radius 3 is 1.84 bits per heavy atom. The number of nitrogens with zero attached hydrogens (tertiary/aromatic N) is 6. The van der Waals surface area contributed by atoms with Crippen LogP contribution in [0.3, 0.4) is 0 Å². The smallest absolute Gasteiger partial charge is 0.407 e. The number of likely N-dealkylation sites (tertiary alicyclic amines) is 2. The van der Waals surface area contributed by atoms with E-state index in [-0.39, 0.29) is 23.9 Å². The van der Waals surface area contributed by atoms with Crippen LogP contribution in [0.25, 0.3) is 44.6 Å². The molecule has 0 bridgehead atoms. The number of fused-ring (bicyclic) bond motifs is 2. The predicted molar refractivity (Wildman–Crippen MR) is 229 cm³/mol. The predicted octanol–water partition coefficient (Wildman–Crippen LogP) is 7.08. The summed E-state index contributed by atoms with van der Waals surface area (Å²) in [5.41, 5.74) is 7.76. The maximum atomic E-state index is 14.0. The zero-order valence-electron chi connectivity index (χ0n) is 34.1. The number of amides is 4. The van der Waals surface area contributed by atoms with Crippen molar-refractivity contribution in [3.63, 3.8) is 0 Å². The van der Waals surface area contributed by atoms with E-state index in [0.29, 0.717) is 54.4 Å². The summed E-state index contributed by atoms with van der Waals surface area (Å²) in [6, 6.07) is 27.8. The Labute approximate surface area is 356 Å². The van der Waals surface area contributed by atoms with E-state index in [1.165, 1.54) is 14.2 Å². The average molecular weight is 833 g/mol.